The zero-order valence-electron chi connectivity index (χ0n) is 15.8. The molecule has 0 spiro atoms. The molecule has 3 nitrogen and oxygen atoms in total. The molecule has 0 aliphatic rings. The highest BCUT2D eigenvalue weighted by molar-refractivity contribution is 5.50. The Bertz CT molecular complexity index is 898. The van der Waals surface area contributed by atoms with Crippen LogP contribution in [-0.4, -0.2) is 21.5 Å². The Balaban J connectivity index is 2.00. The second-order valence-corrected chi connectivity index (χ2v) is 6.89. The van der Waals surface area contributed by atoms with Crippen LogP contribution in [0.15, 0.2) is 103 Å². The number of aryl methyl sites for hydroxylation is 1. The molecule has 0 unspecified atom stereocenters. The highest BCUT2D eigenvalue weighted by Crippen LogP contribution is 2.40. The van der Waals surface area contributed by atoms with Crippen LogP contribution in [-0.2, 0) is 12.0 Å². The minimum Gasteiger partial charge on any atom is -0.396 e. The van der Waals surface area contributed by atoms with Gasteiger partial charge in [-0.2, -0.15) is 5.10 Å². The topological polar surface area (TPSA) is 38.0 Å². The summed E-state index contributed by atoms with van der Waals surface area (Å²) in [6, 6.07) is 33.6. The Labute approximate surface area is 165 Å². The number of benzene rings is 3. The molecule has 4 rings (SSSR count). The number of aliphatic hydroxyl groups is 1. The first-order chi connectivity index (χ1) is 13.9. The highest BCUT2D eigenvalue weighted by atomic mass is 16.2. The van der Waals surface area contributed by atoms with E-state index in [1.165, 1.54) is 0 Å². The molecule has 3 aromatic carbocycles. The maximum absolute atomic E-state index is 9.19. The Morgan fingerprint density at radius 1 is 0.679 bits per heavy atom. The molecule has 28 heavy (non-hydrogen) atoms. The van der Waals surface area contributed by atoms with Crippen LogP contribution in [0, 0.1) is 0 Å². The predicted octanol–water partition coefficient (Wildman–Crippen LogP) is 4.65. The third-order valence-electron chi connectivity index (χ3n) is 5.15. The van der Waals surface area contributed by atoms with Gasteiger partial charge in [-0.1, -0.05) is 91.0 Å². The molecule has 0 fully saturated rings. The van der Waals surface area contributed by atoms with Crippen LogP contribution < -0.4 is 0 Å². The van der Waals surface area contributed by atoms with E-state index in [1.807, 2.05) is 18.2 Å². The van der Waals surface area contributed by atoms with Crippen LogP contribution in [0.3, 0.4) is 0 Å². The van der Waals surface area contributed by atoms with E-state index in [-0.39, 0.29) is 6.61 Å². The molecule has 0 saturated heterocycles. The quantitative estimate of drug-likeness (QED) is 0.482. The Hall–Kier alpha value is -3.17. The number of rotatable bonds is 7. The lowest BCUT2D eigenvalue weighted by Gasteiger charge is -2.36. The van der Waals surface area contributed by atoms with Gasteiger partial charge in [-0.05, 0) is 35.6 Å². The first-order valence-corrected chi connectivity index (χ1v) is 9.68. The van der Waals surface area contributed by atoms with Crippen LogP contribution in [0.5, 0.6) is 0 Å². The monoisotopic (exact) mass is 368 g/mol. The molecule has 3 heteroatoms. The first-order valence-electron chi connectivity index (χ1n) is 9.68. The molecule has 0 amide bonds. The molecule has 0 aliphatic carbocycles. The Morgan fingerprint density at radius 3 is 1.57 bits per heavy atom. The molecule has 140 valence electrons. The van der Waals surface area contributed by atoms with Gasteiger partial charge in [-0.3, -0.25) is 4.68 Å². The molecule has 1 N–H and O–H groups in total. The van der Waals surface area contributed by atoms with Crippen molar-refractivity contribution in [3.63, 3.8) is 0 Å². The van der Waals surface area contributed by atoms with E-state index in [2.05, 4.69) is 89.7 Å². The van der Waals surface area contributed by atoms with E-state index in [1.54, 1.807) is 0 Å². The van der Waals surface area contributed by atoms with Crippen LogP contribution in [0.2, 0.25) is 0 Å². The average Bonchev–Trinajstić information content (AvgIpc) is 3.24. The number of aromatic nitrogens is 2. The summed E-state index contributed by atoms with van der Waals surface area (Å²) in [7, 11) is 0. The summed E-state index contributed by atoms with van der Waals surface area (Å²) in [6.45, 7) is 0.175. The van der Waals surface area contributed by atoms with Gasteiger partial charge in [0, 0.05) is 12.8 Å². The van der Waals surface area contributed by atoms with Crippen molar-refractivity contribution in [3.8, 4) is 0 Å². The van der Waals surface area contributed by atoms with Crippen molar-refractivity contribution in [2.75, 3.05) is 6.61 Å². The lowest BCUT2D eigenvalue weighted by Crippen LogP contribution is -2.38. The lowest BCUT2D eigenvalue weighted by molar-refractivity contribution is 0.287. The van der Waals surface area contributed by atoms with Crippen molar-refractivity contribution in [2.24, 2.45) is 0 Å². The average molecular weight is 368 g/mol. The second kappa shape index (κ2) is 8.24. The van der Waals surface area contributed by atoms with E-state index in [0.717, 1.165) is 28.8 Å². The molecule has 4 aromatic rings. The van der Waals surface area contributed by atoms with Gasteiger partial charge in [0.2, 0.25) is 0 Å². The molecule has 0 saturated carbocycles. The summed E-state index contributed by atoms with van der Waals surface area (Å²) < 4.78 is 2.07. The van der Waals surface area contributed by atoms with Crippen molar-refractivity contribution in [3.05, 3.63) is 126 Å². The normalized spacial score (nSPS) is 11.5. The van der Waals surface area contributed by atoms with Crippen LogP contribution in [0.25, 0.3) is 0 Å². The second-order valence-electron chi connectivity index (χ2n) is 6.89. The fourth-order valence-corrected chi connectivity index (χ4v) is 3.88. The summed E-state index contributed by atoms with van der Waals surface area (Å²) >= 11 is 0. The fraction of sp³-hybridized carbons (Fsp3) is 0.160. The van der Waals surface area contributed by atoms with Gasteiger partial charge in [0.1, 0.15) is 5.54 Å². The smallest absolute Gasteiger partial charge is 0.137 e. The van der Waals surface area contributed by atoms with Gasteiger partial charge in [0.15, 0.2) is 0 Å². The van der Waals surface area contributed by atoms with Crippen LogP contribution in [0.4, 0.5) is 0 Å². The van der Waals surface area contributed by atoms with Crippen LogP contribution >= 0.6 is 0 Å². The molecule has 0 aliphatic heterocycles. The van der Waals surface area contributed by atoms with Gasteiger partial charge in [-0.25, -0.2) is 0 Å². The van der Waals surface area contributed by atoms with Gasteiger partial charge in [-0.15, -0.1) is 0 Å². The van der Waals surface area contributed by atoms with Crippen molar-refractivity contribution < 1.29 is 5.11 Å². The van der Waals surface area contributed by atoms with Gasteiger partial charge in [0.05, 0.1) is 5.69 Å². The number of nitrogens with zero attached hydrogens (tertiary/aromatic N) is 2. The number of hydrogen-bond donors (Lipinski definition) is 1. The molecule has 1 heterocycles. The predicted molar refractivity (Wildman–Crippen MR) is 112 cm³/mol. The molecule has 0 atom stereocenters. The van der Waals surface area contributed by atoms with Crippen molar-refractivity contribution in [1.82, 2.24) is 9.78 Å². The van der Waals surface area contributed by atoms with E-state index >= 15 is 0 Å². The standard InChI is InChI=1S/C25H24N2O/c28-20-10-17-24-18-19-27(26-24)25(21-11-4-1-5-12-21,22-13-6-2-7-14-22)23-15-8-3-9-16-23/h1-9,11-16,18-19,28H,10,17,20H2. The van der Waals surface area contributed by atoms with Gasteiger partial charge < -0.3 is 5.11 Å². The van der Waals surface area contributed by atoms with E-state index < -0.39 is 5.54 Å². The summed E-state index contributed by atoms with van der Waals surface area (Å²) in [4.78, 5) is 0. The SMILES string of the molecule is OCCCc1ccn(C(c2ccccc2)(c2ccccc2)c2ccccc2)n1. The zero-order chi connectivity index (χ0) is 19.2. The van der Waals surface area contributed by atoms with Crippen molar-refractivity contribution >= 4 is 0 Å². The van der Waals surface area contributed by atoms with Crippen LogP contribution in [0.1, 0.15) is 28.8 Å². The van der Waals surface area contributed by atoms with E-state index in [9.17, 15) is 5.11 Å². The summed E-state index contributed by atoms with van der Waals surface area (Å²) in [5.41, 5.74) is 3.89. The van der Waals surface area contributed by atoms with Crippen molar-refractivity contribution in [1.29, 1.82) is 0 Å². The molecular formula is C25H24N2O. The summed E-state index contributed by atoms with van der Waals surface area (Å²) in [5.74, 6) is 0. The maximum atomic E-state index is 9.19. The molecule has 0 radical (unpaired) electrons. The van der Waals surface area contributed by atoms with Crippen molar-refractivity contribution in [2.45, 2.75) is 18.4 Å². The third kappa shape index (κ3) is 3.25. The Kier molecular flexibility index (Phi) is 5.36. The third-order valence-corrected chi connectivity index (χ3v) is 5.15. The molecule has 0 bridgehead atoms. The van der Waals surface area contributed by atoms with E-state index in [4.69, 9.17) is 5.10 Å². The minimum absolute atomic E-state index is 0.175. The number of hydrogen-bond acceptors (Lipinski definition) is 2. The number of aliphatic hydroxyl groups excluding tert-OH is 1. The van der Waals surface area contributed by atoms with E-state index in [0.29, 0.717) is 6.42 Å². The molecule has 1 aromatic heterocycles. The van der Waals surface area contributed by atoms with Gasteiger partial charge in [0.25, 0.3) is 0 Å². The lowest BCUT2D eigenvalue weighted by atomic mass is 9.77. The Morgan fingerprint density at radius 2 is 1.14 bits per heavy atom. The van der Waals surface area contributed by atoms with Gasteiger partial charge >= 0.3 is 0 Å². The molecular weight excluding hydrogens is 344 g/mol. The minimum atomic E-state index is -0.568. The highest BCUT2D eigenvalue weighted by Gasteiger charge is 2.39. The maximum Gasteiger partial charge on any atom is 0.137 e. The largest absolute Gasteiger partial charge is 0.396 e. The zero-order valence-corrected chi connectivity index (χ0v) is 15.8. The fourth-order valence-electron chi connectivity index (χ4n) is 3.88. The first kappa shape index (κ1) is 18.2. The summed E-state index contributed by atoms with van der Waals surface area (Å²) in [6.07, 6.45) is 3.53. The summed E-state index contributed by atoms with van der Waals surface area (Å²) in [5, 5.41) is 14.1.